The molecule has 0 spiro atoms. The number of nitrogens with one attached hydrogen (secondary N) is 2. The van der Waals surface area contributed by atoms with Gasteiger partial charge in [0, 0.05) is 16.8 Å². The minimum atomic E-state index is -4.17. The maximum absolute atomic E-state index is 13.6. The zero-order chi connectivity index (χ0) is 26.4. The number of carbonyl (C=O) groups is 2. The zero-order valence-electron chi connectivity index (χ0n) is 20.7. The molecule has 2 atom stereocenters. The number of thioether (sulfide) groups is 1. The summed E-state index contributed by atoms with van der Waals surface area (Å²) in [7, 11) is -4.17. The Morgan fingerprint density at radius 1 is 1.26 bits per heavy atom. The fourth-order valence-corrected chi connectivity index (χ4v) is 7.08. The van der Waals surface area contributed by atoms with E-state index in [-0.39, 0.29) is 24.7 Å². The van der Waals surface area contributed by atoms with Crippen molar-refractivity contribution in [2.24, 2.45) is 0 Å². The number of nitrogens with zero attached hydrogens (tertiary/aromatic N) is 1. The van der Waals surface area contributed by atoms with Crippen LogP contribution in [-0.2, 0) is 19.6 Å². The van der Waals surface area contributed by atoms with Crippen LogP contribution in [0.15, 0.2) is 29.2 Å². The van der Waals surface area contributed by atoms with E-state index in [4.69, 9.17) is 9.47 Å². The van der Waals surface area contributed by atoms with Crippen molar-refractivity contribution in [2.75, 3.05) is 19.8 Å². The Kier molecular flexibility index (Phi) is 9.47. The third kappa shape index (κ3) is 7.76. The van der Waals surface area contributed by atoms with Gasteiger partial charge in [0.1, 0.15) is 25.0 Å². The third-order valence-electron chi connectivity index (χ3n) is 4.95. The third-order valence-corrected chi connectivity index (χ3v) is 8.25. The van der Waals surface area contributed by atoms with Crippen LogP contribution in [0.25, 0.3) is 0 Å². The van der Waals surface area contributed by atoms with Crippen molar-refractivity contribution in [3.63, 3.8) is 0 Å². The number of hydroxylamine groups is 1. The van der Waals surface area contributed by atoms with Gasteiger partial charge in [-0.3, -0.25) is 10.0 Å². The monoisotopic (exact) mass is 527 g/mol. The molecule has 1 aromatic carbocycles. The minimum Gasteiger partial charge on any atom is -0.481 e. The van der Waals surface area contributed by atoms with Gasteiger partial charge in [-0.1, -0.05) is 5.92 Å². The van der Waals surface area contributed by atoms with Gasteiger partial charge in [0.05, 0.1) is 10.1 Å². The Morgan fingerprint density at radius 3 is 2.43 bits per heavy atom. The Morgan fingerprint density at radius 2 is 1.89 bits per heavy atom. The van der Waals surface area contributed by atoms with Gasteiger partial charge in [-0.25, -0.2) is 18.7 Å². The van der Waals surface area contributed by atoms with E-state index in [0.717, 1.165) is 4.31 Å². The lowest BCUT2D eigenvalue weighted by molar-refractivity contribution is -0.134. The quantitative estimate of drug-likeness (QED) is 0.280. The van der Waals surface area contributed by atoms with Gasteiger partial charge in [0.2, 0.25) is 10.0 Å². The lowest BCUT2D eigenvalue weighted by atomic mass is 10.0. The molecule has 0 radical (unpaired) electrons. The molecule has 1 heterocycles. The molecule has 1 saturated heterocycles. The summed E-state index contributed by atoms with van der Waals surface area (Å²) >= 11 is 1.31. The molecule has 0 unspecified atom stereocenters. The van der Waals surface area contributed by atoms with E-state index in [0.29, 0.717) is 5.75 Å². The number of hydrogen-bond acceptors (Lipinski definition) is 8. The average molecular weight is 528 g/mol. The molecule has 1 aliphatic heterocycles. The van der Waals surface area contributed by atoms with E-state index >= 15 is 0 Å². The van der Waals surface area contributed by atoms with Crippen molar-refractivity contribution >= 4 is 33.8 Å². The molecule has 1 aliphatic rings. The topological polar surface area (TPSA) is 134 Å². The van der Waals surface area contributed by atoms with Crippen LogP contribution in [-0.4, -0.2) is 71.3 Å². The molecular weight excluding hydrogens is 494 g/mol. The first-order valence-corrected chi connectivity index (χ1v) is 13.2. The summed E-state index contributed by atoms with van der Waals surface area (Å²) in [5, 5.41) is 11.6. The van der Waals surface area contributed by atoms with Gasteiger partial charge < -0.3 is 14.8 Å². The minimum absolute atomic E-state index is 0.0463. The molecule has 0 saturated carbocycles. The highest BCUT2D eigenvalue weighted by molar-refractivity contribution is 8.01. The molecule has 2 amide bonds. The van der Waals surface area contributed by atoms with Crippen LogP contribution in [0.5, 0.6) is 5.75 Å². The summed E-state index contributed by atoms with van der Waals surface area (Å²) in [5.41, 5.74) is 1.09. The van der Waals surface area contributed by atoms with Crippen LogP contribution in [0.3, 0.4) is 0 Å². The second kappa shape index (κ2) is 11.5. The van der Waals surface area contributed by atoms with Crippen LogP contribution in [0.4, 0.5) is 4.79 Å². The number of hydrogen-bond donors (Lipinski definition) is 3. The molecule has 0 aromatic heterocycles. The second-order valence-corrected chi connectivity index (χ2v) is 13.3. The number of amides is 2. The highest BCUT2D eigenvalue weighted by Gasteiger charge is 2.51. The van der Waals surface area contributed by atoms with Crippen molar-refractivity contribution in [1.29, 1.82) is 0 Å². The molecule has 194 valence electrons. The Labute approximate surface area is 211 Å². The van der Waals surface area contributed by atoms with Gasteiger partial charge in [-0.05, 0) is 65.8 Å². The summed E-state index contributed by atoms with van der Waals surface area (Å²) in [6.07, 6.45) is -0.621. The van der Waals surface area contributed by atoms with Crippen LogP contribution < -0.4 is 15.5 Å². The Hall–Kier alpha value is -2.46. The summed E-state index contributed by atoms with van der Waals surface area (Å²) in [6, 6.07) is 4.57. The van der Waals surface area contributed by atoms with Crippen molar-refractivity contribution in [2.45, 2.75) is 68.0 Å². The van der Waals surface area contributed by atoms with E-state index in [1.807, 2.05) is 20.8 Å². The molecule has 10 nitrogen and oxygen atoms in total. The van der Waals surface area contributed by atoms with Gasteiger partial charge >= 0.3 is 6.09 Å². The molecule has 2 rings (SSSR count). The molecule has 0 bridgehead atoms. The smallest absolute Gasteiger partial charge is 0.407 e. The number of sulfonamides is 1. The molecule has 3 N–H and O–H groups in total. The maximum atomic E-state index is 13.6. The molecule has 1 fully saturated rings. The summed E-state index contributed by atoms with van der Waals surface area (Å²) in [5.74, 6) is 5.05. The van der Waals surface area contributed by atoms with Crippen LogP contribution in [0.2, 0.25) is 0 Å². The van der Waals surface area contributed by atoms with E-state index < -0.39 is 43.6 Å². The first-order chi connectivity index (χ1) is 16.2. The zero-order valence-corrected chi connectivity index (χ0v) is 22.4. The highest BCUT2D eigenvalue weighted by Crippen LogP contribution is 2.42. The second-order valence-electron chi connectivity index (χ2n) is 9.46. The predicted octanol–water partition coefficient (Wildman–Crippen LogP) is 2.37. The molecule has 35 heavy (non-hydrogen) atoms. The molecule has 12 heteroatoms. The van der Waals surface area contributed by atoms with Gasteiger partial charge in [0.15, 0.2) is 0 Å². The molecule has 1 aromatic rings. The number of ether oxygens (including phenoxy) is 2. The largest absolute Gasteiger partial charge is 0.481 e. The van der Waals surface area contributed by atoms with Gasteiger partial charge in [0.25, 0.3) is 5.91 Å². The van der Waals surface area contributed by atoms with Crippen molar-refractivity contribution in [3.05, 3.63) is 24.3 Å². The number of rotatable bonds is 7. The van der Waals surface area contributed by atoms with Crippen LogP contribution in [0.1, 0.15) is 41.5 Å². The fourth-order valence-electron chi connectivity index (χ4n) is 3.56. The lowest BCUT2D eigenvalue weighted by Gasteiger charge is -2.46. The average Bonchev–Trinajstić information content (AvgIpc) is 2.75. The Bertz CT molecular complexity index is 1070. The summed E-state index contributed by atoms with van der Waals surface area (Å²) in [4.78, 5) is 24.7. The van der Waals surface area contributed by atoms with Crippen LogP contribution in [0, 0.1) is 11.8 Å². The predicted molar refractivity (Wildman–Crippen MR) is 133 cm³/mol. The first-order valence-electron chi connectivity index (χ1n) is 10.9. The van der Waals surface area contributed by atoms with E-state index in [1.165, 1.54) is 36.0 Å². The molecule has 0 aliphatic carbocycles. The summed E-state index contributed by atoms with van der Waals surface area (Å²) in [6.45, 7) is 10.5. The van der Waals surface area contributed by atoms with Crippen molar-refractivity contribution in [1.82, 2.24) is 15.1 Å². The Balaban J connectivity index is 2.31. The highest BCUT2D eigenvalue weighted by atomic mass is 32.2. The normalized spacial score (nSPS) is 20.2. The number of alkyl carbamates (subject to hydrolysis) is 1. The number of benzene rings is 1. The molecular formula is C23H33N3O7S2. The maximum Gasteiger partial charge on any atom is 0.407 e. The van der Waals surface area contributed by atoms with Crippen LogP contribution >= 0.6 is 11.8 Å². The van der Waals surface area contributed by atoms with Gasteiger partial charge in [-0.2, -0.15) is 4.31 Å². The number of carbonyl (C=O) groups excluding carboxylic acids is 2. The van der Waals surface area contributed by atoms with E-state index in [9.17, 15) is 23.2 Å². The SMILES string of the molecule is CC#CCOc1ccc(S(=O)(=O)N2C[C@H](COC(=O)NC(C)(C)C)SC(C)(C)[C@@H]2C(=O)NO)cc1. The van der Waals surface area contributed by atoms with Gasteiger partial charge in [-0.15, -0.1) is 17.7 Å². The lowest BCUT2D eigenvalue weighted by Crippen LogP contribution is -2.63. The van der Waals surface area contributed by atoms with Crippen molar-refractivity contribution in [3.8, 4) is 17.6 Å². The van der Waals surface area contributed by atoms with E-state index in [1.54, 1.807) is 26.3 Å². The van der Waals surface area contributed by atoms with Crippen molar-refractivity contribution < 1.29 is 32.7 Å². The van der Waals surface area contributed by atoms with E-state index in [2.05, 4.69) is 17.2 Å². The standard InChI is InChI=1S/C23H33N3O7S2/c1-7-8-13-32-16-9-11-18(12-10-16)35(30,31)26-14-17(15-33-21(28)24-22(2,3)4)34-23(5,6)19(26)20(27)25-29/h9-12,17,19,29H,13-15H2,1-6H3,(H,24,28)(H,25,27)/t17-,19+/m1/s1. The fraction of sp³-hybridized carbons (Fsp3) is 0.565. The summed E-state index contributed by atoms with van der Waals surface area (Å²) < 4.78 is 38.1. The first kappa shape index (κ1) is 28.8.